The Balaban J connectivity index is 1.46. The highest BCUT2D eigenvalue weighted by molar-refractivity contribution is 6.02. The molecule has 2 atom stereocenters. The molecule has 0 aliphatic carbocycles. The van der Waals surface area contributed by atoms with Crippen molar-refractivity contribution in [1.82, 2.24) is 10.2 Å². The minimum Gasteiger partial charge on any atom is -0.481 e. The van der Waals surface area contributed by atoms with E-state index >= 15 is 0 Å². The van der Waals surface area contributed by atoms with Crippen LogP contribution in [0, 0.1) is 23.3 Å². The van der Waals surface area contributed by atoms with Crippen molar-refractivity contribution >= 4 is 29.3 Å². The van der Waals surface area contributed by atoms with Crippen LogP contribution in [0.3, 0.4) is 0 Å². The lowest BCUT2D eigenvalue weighted by atomic mass is 10.1. The van der Waals surface area contributed by atoms with Crippen LogP contribution in [0.2, 0.25) is 0 Å². The number of carbonyl (C=O) groups excluding carboxylic acids is 3. The lowest BCUT2D eigenvalue weighted by Gasteiger charge is -2.27. The molecule has 9 nitrogen and oxygen atoms in total. The third kappa shape index (κ3) is 5.87. The van der Waals surface area contributed by atoms with E-state index in [2.05, 4.69) is 15.0 Å². The van der Waals surface area contributed by atoms with E-state index < -0.39 is 71.8 Å². The van der Waals surface area contributed by atoms with Gasteiger partial charge in [-0.25, -0.2) is 8.78 Å². The Morgan fingerprint density at radius 1 is 1.05 bits per heavy atom. The number of ether oxygens (including phenoxy) is 1. The van der Waals surface area contributed by atoms with Gasteiger partial charge in [0.25, 0.3) is 5.91 Å². The van der Waals surface area contributed by atoms with E-state index in [1.807, 2.05) is 12.1 Å². The molecule has 0 aromatic heterocycles. The number of nitrogens with one attached hydrogen (secondary N) is 1. The van der Waals surface area contributed by atoms with Crippen LogP contribution in [0.4, 0.5) is 23.2 Å². The monoisotopic (exact) mass is 565 g/mol. The Hall–Kier alpha value is -4.16. The molecule has 0 radical (unpaired) electrons. The van der Waals surface area contributed by atoms with Crippen molar-refractivity contribution in [3.63, 3.8) is 0 Å². The zero-order valence-corrected chi connectivity index (χ0v) is 21.5. The summed E-state index contributed by atoms with van der Waals surface area (Å²) >= 11 is 0. The summed E-state index contributed by atoms with van der Waals surface area (Å²) in [7, 11) is 0. The number of ketones is 1. The number of hydrogen-bond acceptors (Lipinski definition) is 6. The van der Waals surface area contributed by atoms with Gasteiger partial charge in [-0.2, -0.15) is 8.78 Å². The highest BCUT2D eigenvalue weighted by Crippen LogP contribution is 2.31. The number of nitrogens with zero attached hydrogens (tertiary/aromatic N) is 2. The molecule has 40 heavy (non-hydrogen) atoms. The number of fused-ring (bicyclic) bond motifs is 1. The van der Waals surface area contributed by atoms with Gasteiger partial charge in [0.15, 0.2) is 23.2 Å². The third-order valence-electron chi connectivity index (χ3n) is 6.98. The largest absolute Gasteiger partial charge is 0.481 e. The molecular formula is C27H27F4N3O6. The van der Waals surface area contributed by atoms with Crippen molar-refractivity contribution in [3.05, 3.63) is 58.7 Å². The van der Waals surface area contributed by atoms with Crippen molar-refractivity contribution in [3.8, 4) is 5.75 Å². The number of amides is 2. The molecule has 0 saturated carbocycles. The molecule has 214 valence electrons. The Bertz CT molecular complexity index is 1320. The number of Topliss-reactive ketones (excluding diaryl/α,β-unsaturated/α-hetero) is 1. The molecule has 1 fully saturated rings. The van der Waals surface area contributed by atoms with Gasteiger partial charge in [-0.1, -0.05) is 13.0 Å². The molecule has 1 unspecified atom stereocenters. The topological polar surface area (TPSA) is 116 Å². The summed E-state index contributed by atoms with van der Waals surface area (Å²) in [6, 6.07) is 2.71. The van der Waals surface area contributed by atoms with E-state index in [-0.39, 0.29) is 24.9 Å². The molecule has 2 aliphatic heterocycles. The van der Waals surface area contributed by atoms with Crippen LogP contribution >= 0.6 is 0 Å². The SMILES string of the molecule is CC[C@@H](C(=O)NC(CC(=O)O)C(=O)COc1c(F)c(F)cc(F)c1F)N1Cc2ccc(N3CCCC3)cc2C1=O. The fourth-order valence-electron chi connectivity index (χ4n) is 4.89. The average Bonchev–Trinajstić information content (AvgIpc) is 3.56. The number of halogens is 4. The van der Waals surface area contributed by atoms with Crippen molar-refractivity contribution in [2.24, 2.45) is 0 Å². The van der Waals surface area contributed by atoms with Crippen molar-refractivity contribution in [2.45, 2.75) is 51.2 Å². The van der Waals surface area contributed by atoms with E-state index in [1.54, 1.807) is 13.0 Å². The summed E-state index contributed by atoms with van der Waals surface area (Å²) in [5.41, 5.74) is 2.08. The van der Waals surface area contributed by atoms with Crippen molar-refractivity contribution in [2.75, 3.05) is 24.6 Å². The number of carboxylic acids is 1. The van der Waals surface area contributed by atoms with Gasteiger partial charge in [0, 0.05) is 37.0 Å². The van der Waals surface area contributed by atoms with Crippen LogP contribution in [0.15, 0.2) is 24.3 Å². The van der Waals surface area contributed by atoms with Crippen molar-refractivity contribution < 1.29 is 46.6 Å². The van der Waals surface area contributed by atoms with Gasteiger partial charge >= 0.3 is 5.97 Å². The molecule has 4 rings (SSSR count). The van der Waals surface area contributed by atoms with Gasteiger partial charge < -0.3 is 25.0 Å². The molecular weight excluding hydrogens is 538 g/mol. The van der Waals surface area contributed by atoms with Crippen LogP contribution < -0.4 is 15.0 Å². The maximum Gasteiger partial charge on any atom is 0.305 e. The molecule has 13 heteroatoms. The van der Waals surface area contributed by atoms with Gasteiger partial charge in [-0.05, 0) is 37.0 Å². The number of carbonyl (C=O) groups is 4. The second-order valence-electron chi connectivity index (χ2n) is 9.60. The summed E-state index contributed by atoms with van der Waals surface area (Å²) in [6.07, 6.45) is 1.33. The summed E-state index contributed by atoms with van der Waals surface area (Å²) in [5.74, 6) is -12.6. The predicted octanol–water partition coefficient (Wildman–Crippen LogP) is 3.19. The maximum atomic E-state index is 13.9. The Morgan fingerprint density at radius 3 is 2.30 bits per heavy atom. The van der Waals surface area contributed by atoms with Crippen LogP contribution in [-0.4, -0.2) is 65.4 Å². The van der Waals surface area contributed by atoms with Gasteiger partial charge in [0.1, 0.15) is 18.7 Å². The second-order valence-corrected chi connectivity index (χ2v) is 9.60. The van der Waals surface area contributed by atoms with Crippen LogP contribution in [-0.2, 0) is 20.9 Å². The second kappa shape index (κ2) is 11.9. The highest BCUT2D eigenvalue weighted by Gasteiger charge is 2.37. The van der Waals surface area contributed by atoms with Crippen LogP contribution in [0.1, 0.15) is 48.5 Å². The number of carboxylic acid groups (broad SMARTS) is 1. The van der Waals surface area contributed by atoms with Gasteiger partial charge in [0.2, 0.25) is 17.5 Å². The number of benzene rings is 2. The molecule has 2 aromatic rings. The zero-order chi connectivity index (χ0) is 29.1. The summed E-state index contributed by atoms with van der Waals surface area (Å²) in [4.78, 5) is 54.0. The van der Waals surface area contributed by atoms with E-state index in [0.717, 1.165) is 37.2 Å². The number of hydrogen-bond donors (Lipinski definition) is 2. The normalized spacial score (nSPS) is 16.1. The molecule has 0 spiro atoms. The Kier molecular flexibility index (Phi) is 8.60. The van der Waals surface area contributed by atoms with Gasteiger partial charge in [-0.15, -0.1) is 0 Å². The zero-order valence-electron chi connectivity index (χ0n) is 21.5. The predicted molar refractivity (Wildman–Crippen MR) is 133 cm³/mol. The fraction of sp³-hybridized carbons (Fsp3) is 0.407. The first-order valence-corrected chi connectivity index (χ1v) is 12.7. The van der Waals surface area contributed by atoms with Gasteiger partial charge in [-0.3, -0.25) is 19.2 Å². The van der Waals surface area contributed by atoms with E-state index in [0.29, 0.717) is 5.56 Å². The minimum absolute atomic E-state index is 0.0388. The quantitative estimate of drug-likeness (QED) is 0.318. The summed E-state index contributed by atoms with van der Waals surface area (Å²) in [5, 5.41) is 11.5. The standard InChI is InChI=1S/C27H27F4N3O6/c1-2-20(34-12-14-5-6-15(9-16(14)27(34)39)33-7-3-4-8-33)26(38)32-19(11-22(36)37)21(35)13-40-25-23(30)17(28)10-18(29)24(25)31/h5-6,9-10,19-20H,2-4,7-8,11-13H2,1H3,(H,32,38)(H,36,37)/t19?,20-/m0/s1. The smallest absolute Gasteiger partial charge is 0.305 e. The average molecular weight is 566 g/mol. The first kappa shape index (κ1) is 28.8. The first-order valence-electron chi connectivity index (χ1n) is 12.7. The maximum absolute atomic E-state index is 13.9. The molecule has 1 saturated heterocycles. The number of anilines is 1. The first-order chi connectivity index (χ1) is 19.0. The van der Waals surface area contributed by atoms with Gasteiger partial charge in [0.05, 0.1) is 6.42 Å². The van der Waals surface area contributed by atoms with Crippen LogP contribution in [0.5, 0.6) is 5.75 Å². The molecule has 2 amide bonds. The fourth-order valence-corrected chi connectivity index (χ4v) is 4.89. The molecule has 2 aliphatic rings. The van der Waals surface area contributed by atoms with E-state index in [1.165, 1.54) is 4.90 Å². The lowest BCUT2D eigenvalue weighted by Crippen LogP contribution is -2.52. The summed E-state index contributed by atoms with van der Waals surface area (Å²) in [6.45, 7) is 2.33. The molecule has 0 bridgehead atoms. The van der Waals surface area contributed by atoms with Crippen LogP contribution in [0.25, 0.3) is 0 Å². The van der Waals surface area contributed by atoms with E-state index in [4.69, 9.17) is 0 Å². The minimum atomic E-state index is -1.88. The lowest BCUT2D eigenvalue weighted by molar-refractivity contribution is -0.141. The molecule has 2 aromatic carbocycles. The number of aliphatic carboxylic acids is 1. The number of rotatable bonds is 11. The highest BCUT2D eigenvalue weighted by atomic mass is 19.2. The molecule has 2 heterocycles. The molecule has 2 N–H and O–H groups in total. The van der Waals surface area contributed by atoms with E-state index in [9.17, 15) is 41.8 Å². The third-order valence-corrected chi connectivity index (χ3v) is 6.98. The summed E-state index contributed by atoms with van der Waals surface area (Å²) < 4.78 is 59.3. The Labute approximate surface area is 226 Å². The Morgan fingerprint density at radius 2 is 1.70 bits per heavy atom. The van der Waals surface area contributed by atoms with Crippen molar-refractivity contribution in [1.29, 1.82) is 0 Å².